The summed E-state index contributed by atoms with van der Waals surface area (Å²) in [4.78, 5) is 30.2. The standard InChI is InChI=1S/C10H14O6.2C4H9.Sn/c1-14-16-10(13)7(6-9(11)12)5-8-3-2-4-15-8;2*1-3-4-2;/h6,8H,2-5H2,1H3,(H,11,12);2*1,3-4H2,2H3;/q;;;+1/p-1/b7-6-;;;. The van der Waals surface area contributed by atoms with Gasteiger partial charge in [-0.05, 0) is 18.9 Å². The van der Waals surface area contributed by atoms with Gasteiger partial charge in [0.2, 0.25) is 0 Å². The van der Waals surface area contributed by atoms with Crippen LogP contribution in [0, 0.1) is 0 Å². The van der Waals surface area contributed by atoms with Crippen molar-refractivity contribution in [3.8, 4) is 0 Å². The van der Waals surface area contributed by atoms with E-state index >= 15 is 0 Å². The number of hydrogen-bond donors (Lipinski definition) is 0. The largest absolute Gasteiger partial charge is 0.545 e. The van der Waals surface area contributed by atoms with Gasteiger partial charge in [-0.15, -0.1) is 0 Å². The topological polar surface area (TPSA) is 84.9 Å². The van der Waals surface area contributed by atoms with Crippen molar-refractivity contribution in [1.29, 1.82) is 0 Å². The van der Waals surface area contributed by atoms with Crippen molar-refractivity contribution >= 4 is 33.1 Å². The van der Waals surface area contributed by atoms with E-state index in [1.165, 1.54) is 32.8 Å². The molecule has 1 saturated heterocycles. The van der Waals surface area contributed by atoms with Crippen molar-refractivity contribution in [2.75, 3.05) is 13.7 Å². The molecule has 25 heavy (non-hydrogen) atoms. The molecule has 0 saturated carbocycles. The Hall–Kier alpha value is -0.601. The SMILES string of the molecule is CCC[CH2][Sn+][CH2]CCC.COOC(=O)/C(=C\C(=O)[O-])CC1CCCO1. The van der Waals surface area contributed by atoms with Gasteiger partial charge in [0.05, 0.1) is 19.2 Å². The number of carbonyl (C=O) groups is 2. The first kappa shape index (κ1) is 24.4. The summed E-state index contributed by atoms with van der Waals surface area (Å²) in [5.74, 6) is -2.27. The number of aliphatic carboxylic acids is 1. The van der Waals surface area contributed by atoms with E-state index in [1.54, 1.807) is 8.87 Å². The summed E-state index contributed by atoms with van der Waals surface area (Å²) in [5.41, 5.74) is -0.0197. The maximum absolute atomic E-state index is 11.3. The van der Waals surface area contributed by atoms with Crippen LogP contribution in [0.3, 0.4) is 0 Å². The van der Waals surface area contributed by atoms with Crippen LogP contribution < -0.4 is 5.11 Å². The molecule has 0 amide bonds. The normalized spacial score (nSPS) is 16.8. The van der Waals surface area contributed by atoms with Gasteiger partial charge in [0.1, 0.15) is 0 Å². The van der Waals surface area contributed by atoms with E-state index in [0.29, 0.717) is 12.7 Å². The second-order valence-electron chi connectivity index (χ2n) is 5.82. The van der Waals surface area contributed by atoms with E-state index in [9.17, 15) is 14.7 Å². The molecule has 1 unspecified atom stereocenters. The number of carboxylic acids is 1. The van der Waals surface area contributed by atoms with Crippen LogP contribution in [-0.2, 0) is 24.1 Å². The van der Waals surface area contributed by atoms with Gasteiger partial charge >= 0.3 is 75.5 Å². The zero-order valence-corrected chi connectivity index (χ0v) is 18.5. The maximum Gasteiger partial charge on any atom is 0.369 e. The van der Waals surface area contributed by atoms with Crippen LogP contribution in [0.1, 0.15) is 58.8 Å². The average molecular weight is 462 g/mol. The number of ether oxygens (including phenoxy) is 1. The van der Waals surface area contributed by atoms with E-state index in [4.69, 9.17) is 4.74 Å². The van der Waals surface area contributed by atoms with Crippen LogP contribution >= 0.6 is 0 Å². The molecule has 0 aromatic rings. The monoisotopic (exact) mass is 463 g/mol. The molecule has 1 aliphatic rings. The molecule has 1 heterocycles. The second-order valence-corrected chi connectivity index (χ2v) is 10.1. The van der Waals surface area contributed by atoms with E-state index in [1.807, 2.05) is 0 Å². The van der Waals surface area contributed by atoms with Crippen LogP contribution in [0.25, 0.3) is 0 Å². The fourth-order valence-corrected chi connectivity index (χ4v) is 6.41. The summed E-state index contributed by atoms with van der Waals surface area (Å²) < 4.78 is 8.54. The molecule has 7 heteroatoms. The third kappa shape index (κ3) is 14.3. The molecule has 0 aromatic heterocycles. The van der Waals surface area contributed by atoms with Crippen molar-refractivity contribution < 1.29 is 29.2 Å². The van der Waals surface area contributed by atoms with Gasteiger partial charge in [-0.1, -0.05) is 0 Å². The van der Waals surface area contributed by atoms with Gasteiger partial charge in [0, 0.05) is 18.6 Å². The van der Waals surface area contributed by atoms with Crippen molar-refractivity contribution in [3.63, 3.8) is 0 Å². The van der Waals surface area contributed by atoms with Gasteiger partial charge < -0.3 is 14.6 Å². The molecule has 1 aliphatic heterocycles. The molecule has 143 valence electrons. The summed E-state index contributed by atoms with van der Waals surface area (Å²) >= 11 is 0.149. The smallest absolute Gasteiger partial charge is 0.369 e. The van der Waals surface area contributed by atoms with Crippen molar-refractivity contribution in [3.05, 3.63) is 11.6 Å². The van der Waals surface area contributed by atoms with Gasteiger partial charge in [0.15, 0.2) is 0 Å². The van der Waals surface area contributed by atoms with E-state index in [2.05, 4.69) is 23.6 Å². The Morgan fingerprint density at radius 2 is 1.88 bits per heavy atom. The molecule has 6 nitrogen and oxygen atoms in total. The van der Waals surface area contributed by atoms with E-state index < -0.39 is 11.9 Å². The molecule has 0 spiro atoms. The van der Waals surface area contributed by atoms with Crippen molar-refractivity contribution in [2.24, 2.45) is 0 Å². The van der Waals surface area contributed by atoms with E-state index in [0.717, 1.165) is 12.8 Å². The third-order valence-corrected chi connectivity index (χ3v) is 7.64. The minimum Gasteiger partial charge on any atom is -0.545 e. The van der Waals surface area contributed by atoms with Crippen LogP contribution in [0.2, 0.25) is 8.87 Å². The zero-order valence-electron chi connectivity index (χ0n) is 15.7. The molecular weight excluding hydrogens is 431 g/mol. The first-order chi connectivity index (χ1) is 12.0. The third-order valence-electron chi connectivity index (χ3n) is 3.60. The fourth-order valence-electron chi connectivity index (χ4n) is 2.25. The number of rotatable bonds is 11. The maximum atomic E-state index is 11.3. The molecule has 0 bridgehead atoms. The summed E-state index contributed by atoms with van der Waals surface area (Å²) in [6, 6.07) is 0. The minimum absolute atomic E-state index is 0.0197. The van der Waals surface area contributed by atoms with Gasteiger partial charge in [-0.2, -0.15) is 4.89 Å². The van der Waals surface area contributed by atoms with Gasteiger partial charge in [0.25, 0.3) is 0 Å². The van der Waals surface area contributed by atoms with Crippen molar-refractivity contribution in [2.45, 2.75) is 73.8 Å². The summed E-state index contributed by atoms with van der Waals surface area (Å²) in [5, 5.41) is 10.4. The fraction of sp³-hybridized carbons (Fsp3) is 0.778. The predicted molar refractivity (Wildman–Crippen MR) is 95.0 cm³/mol. The Balaban J connectivity index is 0.000000547. The van der Waals surface area contributed by atoms with Crippen LogP contribution in [0.5, 0.6) is 0 Å². The Morgan fingerprint density at radius 1 is 1.24 bits per heavy atom. The quantitative estimate of drug-likeness (QED) is 0.154. The van der Waals surface area contributed by atoms with Gasteiger partial charge in [-0.3, -0.25) is 4.89 Å². The molecular formula is C18H31O6Sn. The predicted octanol–water partition coefficient (Wildman–Crippen LogP) is 2.46. The molecule has 1 radical (unpaired) electrons. The number of hydrogen-bond acceptors (Lipinski definition) is 6. The Labute approximate surface area is 161 Å². The average Bonchev–Trinajstić information content (AvgIpc) is 3.08. The number of unbranched alkanes of at least 4 members (excludes halogenated alkanes) is 2. The summed E-state index contributed by atoms with van der Waals surface area (Å²) in [7, 11) is 1.17. The van der Waals surface area contributed by atoms with Crippen LogP contribution in [0.15, 0.2) is 11.6 Å². The number of carbonyl (C=O) groups excluding carboxylic acids is 2. The minimum atomic E-state index is -1.44. The molecule has 0 aliphatic carbocycles. The second kappa shape index (κ2) is 16.8. The molecule has 0 N–H and O–H groups in total. The Bertz CT molecular complexity index is 385. The Kier molecular flexibility index (Phi) is 16.4. The molecule has 0 aromatic carbocycles. The first-order valence-corrected chi connectivity index (χ1v) is 13.1. The van der Waals surface area contributed by atoms with E-state index in [-0.39, 0.29) is 39.2 Å². The number of carboxylic acid groups (broad SMARTS) is 1. The summed E-state index contributed by atoms with van der Waals surface area (Å²) in [6.45, 7) is 5.21. The summed E-state index contributed by atoms with van der Waals surface area (Å²) in [6.07, 6.45) is 8.30. The molecule has 1 atom stereocenters. The van der Waals surface area contributed by atoms with Crippen LogP contribution in [-0.4, -0.2) is 52.9 Å². The van der Waals surface area contributed by atoms with Crippen molar-refractivity contribution in [1.82, 2.24) is 0 Å². The van der Waals surface area contributed by atoms with Crippen LogP contribution in [0.4, 0.5) is 0 Å². The first-order valence-electron chi connectivity index (χ1n) is 9.03. The zero-order chi connectivity index (χ0) is 18.9. The Morgan fingerprint density at radius 3 is 2.32 bits per heavy atom. The molecule has 1 fully saturated rings. The van der Waals surface area contributed by atoms with Gasteiger partial charge in [-0.25, -0.2) is 4.79 Å². The molecule has 1 rings (SSSR count).